The number of carbonyl (C=O) groups is 1. The number of hydrogen-bond acceptors (Lipinski definition) is 3. The average Bonchev–Trinajstić information content (AvgIpc) is 3.03. The number of aromatic nitrogens is 1. The van der Waals surface area contributed by atoms with Crippen molar-refractivity contribution >= 4 is 15.7 Å². The van der Waals surface area contributed by atoms with E-state index in [9.17, 15) is 26.4 Å². The molecule has 0 aliphatic carbocycles. The lowest BCUT2D eigenvalue weighted by atomic mass is 10.1. The first kappa shape index (κ1) is 23.6. The van der Waals surface area contributed by atoms with E-state index in [1.807, 2.05) is 6.92 Å². The Balaban J connectivity index is 2.14. The van der Waals surface area contributed by atoms with Crippen molar-refractivity contribution in [3.05, 3.63) is 71.4 Å². The van der Waals surface area contributed by atoms with Crippen LogP contribution in [0.3, 0.4) is 0 Å². The number of amides is 1. The van der Waals surface area contributed by atoms with Crippen LogP contribution in [0.15, 0.2) is 59.5 Å². The number of carbonyl (C=O) groups excluding carboxylic acids is 1. The van der Waals surface area contributed by atoms with E-state index >= 15 is 0 Å². The molecule has 9 heteroatoms. The zero-order valence-electron chi connectivity index (χ0n) is 17.8. The summed E-state index contributed by atoms with van der Waals surface area (Å²) in [4.78, 5) is 12.3. The van der Waals surface area contributed by atoms with Gasteiger partial charge in [0.2, 0.25) is 5.91 Å². The molecule has 0 radical (unpaired) electrons. The number of halogens is 3. The second kappa shape index (κ2) is 8.82. The summed E-state index contributed by atoms with van der Waals surface area (Å²) in [6.07, 6.45) is -3.22. The maximum absolute atomic E-state index is 13.0. The molecular formula is C23H23F3N2O3S. The monoisotopic (exact) mass is 464 g/mol. The number of alkyl halides is 3. The highest BCUT2D eigenvalue weighted by molar-refractivity contribution is 7.90. The second-order valence-corrected chi connectivity index (χ2v) is 9.46. The van der Waals surface area contributed by atoms with E-state index in [1.54, 1.807) is 29.7 Å². The van der Waals surface area contributed by atoms with Crippen LogP contribution < -0.4 is 5.32 Å². The number of rotatable bonds is 6. The van der Waals surface area contributed by atoms with E-state index in [1.165, 1.54) is 24.3 Å². The van der Waals surface area contributed by atoms with E-state index in [0.717, 1.165) is 24.0 Å². The highest BCUT2D eigenvalue weighted by Gasteiger charge is 2.30. The molecule has 0 aliphatic rings. The highest BCUT2D eigenvalue weighted by Crippen LogP contribution is 2.33. The van der Waals surface area contributed by atoms with Crippen LogP contribution in [0.4, 0.5) is 13.2 Å². The molecule has 3 aromatic rings. The minimum Gasteiger partial charge on any atom is -0.356 e. The number of likely N-dealkylation sites (N-methyl/N-ethyl adjacent to an activating group) is 1. The molecule has 1 amide bonds. The lowest BCUT2D eigenvalue weighted by Gasteiger charge is -2.14. The van der Waals surface area contributed by atoms with Crippen molar-refractivity contribution < 1.29 is 26.4 Å². The summed E-state index contributed by atoms with van der Waals surface area (Å²) in [6, 6.07) is 12.8. The summed E-state index contributed by atoms with van der Waals surface area (Å²) < 4.78 is 64.3. The van der Waals surface area contributed by atoms with Gasteiger partial charge in [0, 0.05) is 24.2 Å². The van der Waals surface area contributed by atoms with Gasteiger partial charge in [0.05, 0.1) is 22.6 Å². The number of hydrogen-bond donors (Lipinski definition) is 1. The van der Waals surface area contributed by atoms with Crippen molar-refractivity contribution in [3.8, 4) is 16.9 Å². The molecule has 1 N–H and O–H groups in total. The fourth-order valence-electron chi connectivity index (χ4n) is 3.49. The Morgan fingerprint density at radius 2 is 1.62 bits per heavy atom. The summed E-state index contributed by atoms with van der Waals surface area (Å²) in [6.45, 7) is 4.09. The number of benzene rings is 2. The van der Waals surface area contributed by atoms with E-state index in [-0.39, 0.29) is 17.2 Å². The topological polar surface area (TPSA) is 68.2 Å². The Morgan fingerprint density at radius 3 is 2.12 bits per heavy atom. The molecule has 1 aromatic heterocycles. The van der Waals surface area contributed by atoms with Crippen LogP contribution >= 0.6 is 0 Å². The quantitative estimate of drug-likeness (QED) is 0.582. The van der Waals surface area contributed by atoms with Crippen LogP contribution in [0.1, 0.15) is 23.7 Å². The van der Waals surface area contributed by atoms with Crippen molar-refractivity contribution in [2.24, 2.45) is 0 Å². The molecule has 0 saturated heterocycles. The van der Waals surface area contributed by atoms with Gasteiger partial charge < -0.3 is 9.88 Å². The molecule has 0 bridgehead atoms. The standard InChI is InChI=1S/C23H23F3N2O3S/c1-4-27-22(29)14-17-13-21(16-5-11-20(12-6-16)32(3,30)31)28(15(17)2)19-9-7-18(8-10-19)23(24,25)26/h5-13H,4,14H2,1-3H3,(H,27,29). The minimum absolute atomic E-state index is 0.113. The van der Waals surface area contributed by atoms with Crippen LogP contribution in [0.5, 0.6) is 0 Å². The predicted octanol–water partition coefficient (Wildman–Crippen LogP) is 4.55. The van der Waals surface area contributed by atoms with E-state index in [4.69, 9.17) is 0 Å². The van der Waals surface area contributed by atoms with Crippen LogP contribution in [0, 0.1) is 6.92 Å². The maximum atomic E-state index is 13.0. The van der Waals surface area contributed by atoms with Crippen molar-refractivity contribution in [2.75, 3.05) is 12.8 Å². The molecule has 0 atom stereocenters. The minimum atomic E-state index is -4.45. The maximum Gasteiger partial charge on any atom is 0.416 e. The van der Waals surface area contributed by atoms with Crippen molar-refractivity contribution in [1.82, 2.24) is 9.88 Å². The van der Waals surface area contributed by atoms with Crippen LogP contribution in [0.2, 0.25) is 0 Å². The summed E-state index contributed by atoms with van der Waals surface area (Å²) in [7, 11) is -3.37. The summed E-state index contributed by atoms with van der Waals surface area (Å²) in [5.74, 6) is -0.167. The molecule has 3 rings (SSSR count). The molecule has 0 saturated carbocycles. The van der Waals surface area contributed by atoms with Crippen LogP contribution in [-0.2, 0) is 27.2 Å². The third-order valence-corrected chi connectivity index (χ3v) is 6.24. The SMILES string of the molecule is CCNC(=O)Cc1cc(-c2ccc(S(C)(=O)=O)cc2)n(-c2ccc(C(F)(F)F)cc2)c1C. The Hall–Kier alpha value is -3.07. The molecule has 170 valence electrons. The lowest BCUT2D eigenvalue weighted by Crippen LogP contribution is -2.24. The van der Waals surface area contributed by atoms with Gasteiger partial charge in [-0.25, -0.2) is 8.42 Å². The second-order valence-electron chi connectivity index (χ2n) is 7.45. The first-order chi connectivity index (χ1) is 14.9. The molecule has 0 spiro atoms. The fourth-order valence-corrected chi connectivity index (χ4v) is 4.12. The number of nitrogens with one attached hydrogen (secondary N) is 1. The predicted molar refractivity (Wildman–Crippen MR) is 116 cm³/mol. The van der Waals surface area contributed by atoms with E-state index in [2.05, 4.69) is 5.32 Å². The Labute approximate surface area is 184 Å². The summed E-state index contributed by atoms with van der Waals surface area (Å²) in [5.41, 5.74) is 2.48. The third kappa shape index (κ3) is 5.04. The Morgan fingerprint density at radius 1 is 1.03 bits per heavy atom. The van der Waals surface area contributed by atoms with Gasteiger partial charge in [-0.3, -0.25) is 4.79 Å². The highest BCUT2D eigenvalue weighted by atomic mass is 32.2. The average molecular weight is 465 g/mol. The molecule has 0 fully saturated rings. The van der Waals surface area contributed by atoms with Crippen LogP contribution in [0.25, 0.3) is 16.9 Å². The van der Waals surface area contributed by atoms with E-state index in [0.29, 0.717) is 29.2 Å². The molecule has 2 aromatic carbocycles. The van der Waals surface area contributed by atoms with Gasteiger partial charge in [-0.15, -0.1) is 0 Å². The number of sulfone groups is 1. The Bertz CT molecular complexity index is 1230. The smallest absolute Gasteiger partial charge is 0.356 e. The van der Waals surface area contributed by atoms with Gasteiger partial charge in [-0.2, -0.15) is 13.2 Å². The van der Waals surface area contributed by atoms with Crippen molar-refractivity contribution in [1.29, 1.82) is 0 Å². The van der Waals surface area contributed by atoms with Gasteiger partial charge in [-0.05, 0) is 67.4 Å². The van der Waals surface area contributed by atoms with Gasteiger partial charge in [0.15, 0.2) is 9.84 Å². The van der Waals surface area contributed by atoms with Crippen molar-refractivity contribution in [3.63, 3.8) is 0 Å². The molecule has 32 heavy (non-hydrogen) atoms. The summed E-state index contributed by atoms with van der Waals surface area (Å²) in [5, 5.41) is 2.74. The largest absolute Gasteiger partial charge is 0.416 e. The number of nitrogens with zero attached hydrogens (tertiary/aromatic N) is 1. The van der Waals surface area contributed by atoms with Gasteiger partial charge >= 0.3 is 6.18 Å². The molecule has 0 unspecified atom stereocenters. The molecule has 1 heterocycles. The molecule has 0 aliphatic heterocycles. The zero-order valence-corrected chi connectivity index (χ0v) is 18.6. The lowest BCUT2D eigenvalue weighted by molar-refractivity contribution is -0.137. The zero-order chi connectivity index (χ0) is 23.7. The van der Waals surface area contributed by atoms with Crippen molar-refractivity contribution in [2.45, 2.75) is 31.3 Å². The van der Waals surface area contributed by atoms with Gasteiger partial charge in [0.25, 0.3) is 0 Å². The summed E-state index contributed by atoms with van der Waals surface area (Å²) >= 11 is 0. The normalized spacial score (nSPS) is 12.1. The van der Waals surface area contributed by atoms with Crippen LogP contribution in [-0.4, -0.2) is 31.7 Å². The molecular weight excluding hydrogens is 441 g/mol. The molecule has 5 nitrogen and oxygen atoms in total. The fraction of sp³-hybridized carbons (Fsp3) is 0.261. The van der Waals surface area contributed by atoms with Gasteiger partial charge in [0.1, 0.15) is 0 Å². The van der Waals surface area contributed by atoms with Gasteiger partial charge in [-0.1, -0.05) is 12.1 Å². The van der Waals surface area contributed by atoms with E-state index < -0.39 is 21.6 Å². The Kier molecular flexibility index (Phi) is 6.50. The first-order valence-corrected chi connectivity index (χ1v) is 11.8. The third-order valence-electron chi connectivity index (χ3n) is 5.11. The first-order valence-electron chi connectivity index (χ1n) is 9.88.